The molecule has 2 aromatic carbocycles. The number of carbonyl (C=O) groups excluding carboxylic acids is 2. The Morgan fingerprint density at radius 1 is 1.08 bits per heavy atom. The third kappa shape index (κ3) is 3.88. The minimum atomic E-state index is -0.935. The minimum absolute atomic E-state index is 0.193. The SMILES string of the molecule is COC(=O)c1ccc(C(=O)NC[C@]2(O)CCc3ccccc3C2)cc1. The Morgan fingerprint density at radius 2 is 1.72 bits per heavy atom. The summed E-state index contributed by atoms with van der Waals surface area (Å²) in [6, 6.07) is 14.3. The molecule has 0 heterocycles. The number of ether oxygens (including phenoxy) is 1. The van der Waals surface area contributed by atoms with Crippen LogP contribution in [-0.4, -0.2) is 36.2 Å². The molecule has 0 radical (unpaired) electrons. The van der Waals surface area contributed by atoms with E-state index in [0.29, 0.717) is 24.0 Å². The van der Waals surface area contributed by atoms with E-state index in [-0.39, 0.29) is 12.5 Å². The second-order valence-electron chi connectivity index (χ2n) is 6.42. The molecule has 0 saturated carbocycles. The van der Waals surface area contributed by atoms with Crippen LogP contribution in [0.2, 0.25) is 0 Å². The van der Waals surface area contributed by atoms with Gasteiger partial charge in [-0.05, 0) is 48.2 Å². The fourth-order valence-corrected chi connectivity index (χ4v) is 3.16. The number of benzene rings is 2. The van der Waals surface area contributed by atoms with Crippen LogP contribution in [0.1, 0.15) is 38.3 Å². The second kappa shape index (κ2) is 7.07. The van der Waals surface area contributed by atoms with Gasteiger partial charge in [-0.25, -0.2) is 4.79 Å². The van der Waals surface area contributed by atoms with Crippen LogP contribution in [0.3, 0.4) is 0 Å². The first-order valence-corrected chi connectivity index (χ1v) is 8.26. The lowest BCUT2D eigenvalue weighted by atomic mass is 9.80. The van der Waals surface area contributed by atoms with Gasteiger partial charge in [-0.2, -0.15) is 0 Å². The summed E-state index contributed by atoms with van der Waals surface area (Å²) in [6.45, 7) is 0.193. The van der Waals surface area contributed by atoms with Crippen molar-refractivity contribution in [1.29, 1.82) is 0 Å². The summed E-state index contributed by atoms with van der Waals surface area (Å²) < 4.78 is 4.63. The molecule has 0 aliphatic heterocycles. The van der Waals surface area contributed by atoms with Crippen LogP contribution in [-0.2, 0) is 17.6 Å². The molecule has 0 aromatic heterocycles. The number of rotatable bonds is 4. The summed E-state index contributed by atoms with van der Waals surface area (Å²) in [5, 5.41) is 13.6. The second-order valence-corrected chi connectivity index (χ2v) is 6.42. The molecule has 5 heteroatoms. The fourth-order valence-electron chi connectivity index (χ4n) is 3.16. The molecule has 0 saturated heterocycles. The minimum Gasteiger partial charge on any atom is -0.465 e. The number of carbonyl (C=O) groups is 2. The Morgan fingerprint density at radius 3 is 2.40 bits per heavy atom. The third-order valence-corrected chi connectivity index (χ3v) is 4.64. The molecule has 2 N–H and O–H groups in total. The van der Waals surface area contributed by atoms with E-state index in [1.165, 1.54) is 12.7 Å². The maximum Gasteiger partial charge on any atom is 0.337 e. The first-order chi connectivity index (χ1) is 12.0. The summed E-state index contributed by atoms with van der Waals surface area (Å²) in [5.74, 6) is -0.717. The Balaban J connectivity index is 1.61. The molecule has 25 heavy (non-hydrogen) atoms. The zero-order valence-corrected chi connectivity index (χ0v) is 14.1. The molecule has 0 unspecified atom stereocenters. The molecule has 1 amide bonds. The van der Waals surface area contributed by atoms with Crippen molar-refractivity contribution >= 4 is 11.9 Å². The van der Waals surface area contributed by atoms with Crippen LogP contribution >= 0.6 is 0 Å². The molecule has 0 fully saturated rings. The van der Waals surface area contributed by atoms with Gasteiger partial charge in [0.05, 0.1) is 18.3 Å². The normalized spacial score (nSPS) is 19.0. The monoisotopic (exact) mass is 339 g/mol. The number of fused-ring (bicyclic) bond motifs is 1. The number of hydrogen-bond donors (Lipinski definition) is 2. The number of amides is 1. The van der Waals surface area contributed by atoms with Crippen molar-refractivity contribution in [3.05, 3.63) is 70.8 Å². The number of methoxy groups -OCH3 is 1. The van der Waals surface area contributed by atoms with Crippen molar-refractivity contribution in [2.45, 2.75) is 24.9 Å². The number of aliphatic hydroxyl groups is 1. The highest BCUT2D eigenvalue weighted by atomic mass is 16.5. The van der Waals surface area contributed by atoms with Gasteiger partial charge in [0.25, 0.3) is 5.91 Å². The molecular formula is C20H21NO4. The Kier molecular flexibility index (Phi) is 4.86. The summed E-state index contributed by atoms with van der Waals surface area (Å²) in [4.78, 5) is 23.7. The Hall–Kier alpha value is -2.66. The highest BCUT2D eigenvalue weighted by Crippen LogP contribution is 2.28. The lowest BCUT2D eigenvalue weighted by molar-refractivity contribution is 0.0260. The first kappa shape index (κ1) is 17.2. The molecule has 0 bridgehead atoms. The van der Waals surface area contributed by atoms with Crippen LogP contribution in [0.5, 0.6) is 0 Å². The van der Waals surface area contributed by atoms with E-state index in [4.69, 9.17) is 0 Å². The first-order valence-electron chi connectivity index (χ1n) is 8.26. The van der Waals surface area contributed by atoms with Crippen LogP contribution in [0.4, 0.5) is 0 Å². The Labute approximate surface area is 146 Å². The van der Waals surface area contributed by atoms with Gasteiger partial charge in [-0.1, -0.05) is 24.3 Å². The van der Waals surface area contributed by atoms with Crippen molar-refractivity contribution in [1.82, 2.24) is 5.32 Å². The maximum absolute atomic E-state index is 12.3. The van der Waals surface area contributed by atoms with E-state index in [9.17, 15) is 14.7 Å². The van der Waals surface area contributed by atoms with Crippen LogP contribution in [0.15, 0.2) is 48.5 Å². The highest BCUT2D eigenvalue weighted by Gasteiger charge is 2.32. The predicted octanol–water partition coefficient (Wildman–Crippen LogP) is 2.12. The standard InChI is InChI=1S/C20H21NO4/c1-25-19(23)16-8-6-15(7-9-16)18(22)21-13-20(24)11-10-14-4-2-3-5-17(14)12-20/h2-9,24H,10-13H2,1H3,(H,21,22)/t20-/m0/s1. The van der Waals surface area contributed by atoms with E-state index in [1.54, 1.807) is 24.3 Å². The average Bonchev–Trinajstić information content (AvgIpc) is 2.65. The van der Waals surface area contributed by atoms with E-state index in [1.807, 2.05) is 18.2 Å². The van der Waals surface area contributed by atoms with Gasteiger partial charge < -0.3 is 15.2 Å². The van der Waals surface area contributed by atoms with E-state index < -0.39 is 11.6 Å². The quantitative estimate of drug-likeness (QED) is 0.837. The lowest BCUT2D eigenvalue weighted by Gasteiger charge is -2.33. The smallest absolute Gasteiger partial charge is 0.337 e. The average molecular weight is 339 g/mol. The molecule has 0 spiro atoms. The van der Waals surface area contributed by atoms with Gasteiger partial charge in [-0.15, -0.1) is 0 Å². The molecule has 3 rings (SSSR count). The van der Waals surface area contributed by atoms with Gasteiger partial charge in [0.2, 0.25) is 0 Å². The molecule has 130 valence electrons. The van der Waals surface area contributed by atoms with E-state index in [2.05, 4.69) is 16.1 Å². The molecule has 1 atom stereocenters. The van der Waals surface area contributed by atoms with Gasteiger partial charge in [0.1, 0.15) is 0 Å². The topological polar surface area (TPSA) is 75.6 Å². The lowest BCUT2D eigenvalue weighted by Crippen LogP contribution is -2.46. The molecule has 1 aliphatic rings. The van der Waals surface area contributed by atoms with Gasteiger partial charge in [0, 0.05) is 18.5 Å². The number of hydrogen-bond acceptors (Lipinski definition) is 4. The summed E-state index contributed by atoms with van der Waals surface area (Å²) >= 11 is 0. The van der Waals surface area contributed by atoms with Crippen molar-refractivity contribution < 1.29 is 19.4 Å². The van der Waals surface area contributed by atoms with Crippen LogP contribution < -0.4 is 5.32 Å². The van der Waals surface area contributed by atoms with Crippen molar-refractivity contribution in [2.75, 3.05) is 13.7 Å². The number of aryl methyl sites for hydroxylation is 1. The van der Waals surface area contributed by atoms with Crippen LogP contribution in [0.25, 0.3) is 0 Å². The summed E-state index contributed by atoms with van der Waals surface area (Å²) in [5.41, 5.74) is 2.29. The van der Waals surface area contributed by atoms with E-state index in [0.717, 1.165) is 12.0 Å². The number of nitrogens with one attached hydrogen (secondary N) is 1. The largest absolute Gasteiger partial charge is 0.465 e. The molecular weight excluding hydrogens is 318 g/mol. The molecule has 5 nitrogen and oxygen atoms in total. The van der Waals surface area contributed by atoms with Gasteiger partial charge in [0.15, 0.2) is 0 Å². The molecule has 1 aliphatic carbocycles. The molecule has 2 aromatic rings. The van der Waals surface area contributed by atoms with Crippen molar-refractivity contribution in [3.8, 4) is 0 Å². The van der Waals surface area contributed by atoms with Crippen molar-refractivity contribution in [3.63, 3.8) is 0 Å². The van der Waals surface area contributed by atoms with Gasteiger partial charge in [-0.3, -0.25) is 4.79 Å². The zero-order valence-electron chi connectivity index (χ0n) is 14.1. The fraction of sp³-hybridized carbons (Fsp3) is 0.300. The van der Waals surface area contributed by atoms with E-state index >= 15 is 0 Å². The highest BCUT2D eigenvalue weighted by molar-refractivity contribution is 5.96. The summed E-state index contributed by atoms with van der Waals surface area (Å²) in [7, 11) is 1.31. The number of esters is 1. The zero-order chi connectivity index (χ0) is 17.9. The maximum atomic E-state index is 12.3. The predicted molar refractivity (Wildman–Crippen MR) is 93.5 cm³/mol. The third-order valence-electron chi connectivity index (χ3n) is 4.64. The van der Waals surface area contributed by atoms with Crippen molar-refractivity contribution in [2.24, 2.45) is 0 Å². The van der Waals surface area contributed by atoms with Crippen LogP contribution in [0, 0.1) is 0 Å². The Bertz CT molecular complexity index is 785. The van der Waals surface area contributed by atoms with Gasteiger partial charge >= 0.3 is 5.97 Å². The summed E-state index contributed by atoms with van der Waals surface area (Å²) in [6.07, 6.45) is 1.95.